The summed E-state index contributed by atoms with van der Waals surface area (Å²) in [6, 6.07) is 14.0. The van der Waals surface area contributed by atoms with Gasteiger partial charge < -0.3 is 0 Å². The summed E-state index contributed by atoms with van der Waals surface area (Å²) in [6.45, 7) is 0. The molecule has 3 rings (SSSR count). The number of benzene rings is 1. The minimum Gasteiger partial charge on any atom is -0.0627 e. The van der Waals surface area contributed by atoms with Gasteiger partial charge in [0.25, 0.3) is 0 Å². The molecule has 68 valence electrons. The van der Waals surface area contributed by atoms with E-state index in [1.807, 2.05) is 5.19 Å². The van der Waals surface area contributed by atoms with E-state index in [0.717, 1.165) is 0 Å². The Morgan fingerprint density at radius 1 is 0.923 bits per heavy atom. The molecule has 1 spiro atoms. The standard InChI is InChI=1S/C12H16Si/c1-2-6-12-11(5-1)7-10-13(12)8-3-4-9-13/h1-2,5-6H,3-4,7-10H2. The minimum atomic E-state index is -0.890. The van der Waals surface area contributed by atoms with Crippen LogP contribution in [0.15, 0.2) is 24.3 Å². The van der Waals surface area contributed by atoms with E-state index >= 15 is 0 Å². The van der Waals surface area contributed by atoms with Crippen LogP contribution in [0, 0.1) is 0 Å². The van der Waals surface area contributed by atoms with E-state index in [-0.39, 0.29) is 0 Å². The van der Waals surface area contributed by atoms with Crippen LogP contribution in [-0.2, 0) is 6.42 Å². The highest BCUT2D eigenvalue weighted by Gasteiger charge is 2.42. The number of hydrogen-bond acceptors (Lipinski definition) is 0. The van der Waals surface area contributed by atoms with Crippen molar-refractivity contribution in [3.63, 3.8) is 0 Å². The molecule has 0 N–H and O–H groups in total. The van der Waals surface area contributed by atoms with E-state index in [0.29, 0.717) is 0 Å². The third-order valence-electron chi connectivity index (χ3n) is 4.02. The smallest absolute Gasteiger partial charge is 0.0627 e. The lowest BCUT2D eigenvalue weighted by molar-refractivity contribution is 0.935. The molecule has 1 aromatic carbocycles. The molecule has 0 amide bonds. The van der Waals surface area contributed by atoms with Crippen molar-refractivity contribution >= 4 is 13.3 Å². The molecule has 0 unspecified atom stereocenters. The first-order valence-corrected chi connectivity index (χ1v) is 8.11. The Bertz CT molecular complexity index is 324. The normalized spacial score (nSPS) is 23.7. The fourth-order valence-corrected chi connectivity index (χ4v) is 8.83. The molecule has 0 nitrogen and oxygen atoms in total. The average molecular weight is 188 g/mol. The van der Waals surface area contributed by atoms with Gasteiger partial charge in [-0.25, -0.2) is 0 Å². The average Bonchev–Trinajstić information content (AvgIpc) is 2.78. The topological polar surface area (TPSA) is 0 Å². The molecule has 1 heteroatoms. The first-order chi connectivity index (χ1) is 6.41. The summed E-state index contributed by atoms with van der Waals surface area (Å²) in [7, 11) is -0.890. The first kappa shape index (κ1) is 7.81. The Morgan fingerprint density at radius 2 is 1.69 bits per heavy atom. The first-order valence-electron chi connectivity index (χ1n) is 5.49. The second-order valence-electron chi connectivity index (χ2n) is 4.64. The van der Waals surface area contributed by atoms with Gasteiger partial charge in [0.1, 0.15) is 0 Å². The summed E-state index contributed by atoms with van der Waals surface area (Å²) in [5.74, 6) is 0. The second-order valence-corrected chi connectivity index (χ2v) is 9.24. The van der Waals surface area contributed by atoms with E-state index in [2.05, 4.69) is 24.3 Å². The van der Waals surface area contributed by atoms with Crippen LogP contribution in [0.4, 0.5) is 0 Å². The molecule has 1 fully saturated rings. The summed E-state index contributed by atoms with van der Waals surface area (Å²) >= 11 is 0. The van der Waals surface area contributed by atoms with Crippen LogP contribution < -0.4 is 5.19 Å². The Balaban J connectivity index is 2.11. The molecule has 2 heterocycles. The van der Waals surface area contributed by atoms with E-state index in [1.54, 1.807) is 23.7 Å². The van der Waals surface area contributed by atoms with Crippen molar-refractivity contribution in [1.82, 2.24) is 0 Å². The molecule has 0 aromatic heterocycles. The summed E-state index contributed by atoms with van der Waals surface area (Å²) in [5.41, 5.74) is 1.69. The Labute approximate surface area is 81.0 Å². The van der Waals surface area contributed by atoms with Crippen LogP contribution in [0.2, 0.25) is 18.1 Å². The summed E-state index contributed by atoms with van der Waals surface area (Å²) in [6.07, 6.45) is 4.42. The largest absolute Gasteiger partial charge is 0.0874 e. The van der Waals surface area contributed by atoms with Crippen LogP contribution in [0.5, 0.6) is 0 Å². The molecule has 0 bridgehead atoms. The van der Waals surface area contributed by atoms with Crippen LogP contribution in [0.1, 0.15) is 18.4 Å². The zero-order valence-corrected chi connectivity index (χ0v) is 9.05. The maximum absolute atomic E-state index is 2.43. The summed E-state index contributed by atoms with van der Waals surface area (Å²) < 4.78 is 0. The van der Waals surface area contributed by atoms with Crippen molar-refractivity contribution in [2.75, 3.05) is 0 Å². The number of rotatable bonds is 0. The Morgan fingerprint density at radius 3 is 2.54 bits per heavy atom. The van der Waals surface area contributed by atoms with E-state index in [4.69, 9.17) is 0 Å². The van der Waals surface area contributed by atoms with Gasteiger partial charge in [0.15, 0.2) is 0 Å². The van der Waals surface area contributed by atoms with Crippen LogP contribution in [0.25, 0.3) is 0 Å². The van der Waals surface area contributed by atoms with Crippen molar-refractivity contribution < 1.29 is 0 Å². The highest BCUT2D eigenvalue weighted by molar-refractivity contribution is 6.93. The summed E-state index contributed by atoms with van der Waals surface area (Å²) in [5, 5.41) is 1.83. The zero-order valence-electron chi connectivity index (χ0n) is 8.05. The molecular weight excluding hydrogens is 172 g/mol. The van der Waals surface area contributed by atoms with E-state index < -0.39 is 8.07 Å². The van der Waals surface area contributed by atoms with Gasteiger partial charge in [-0.05, 0) is 18.0 Å². The number of fused-ring (bicyclic) bond motifs is 2. The Hall–Kier alpha value is -0.563. The Kier molecular flexibility index (Phi) is 1.63. The highest BCUT2D eigenvalue weighted by Crippen LogP contribution is 2.38. The predicted octanol–water partition coefficient (Wildman–Crippen LogP) is 2.69. The lowest BCUT2D eigenvalue weighted by Crippen LogP contribution is -2.41. The number of hydrogen-bond donors (Lipinski definition) is 0. The molecule has 0 aliphatic carbocycles. The quantitative estimate of drug-likeness (QED) is 0.549. The molecule has 13 heavy (non-hydrogen) atoms. The molecule has 0 atom stereocenters. The SMILES string of the molecule is c1ccc2c(c1)CC[Si]21CCCC1. The molecule has 0 radical (unpaired) electrons. The molecule has 1 saturated heterocycles. The molecular formula is C12H16Si. The maximum Gasteiger partial charge on any atom is 0.0874 e. The molecule has 1 aromatic rings. The highest BCUT2D eigenvalue weighted by atomic mass is 28.3. The summed E-state index contributed by atoms with van der Waals surface area (Å²) in [4.78, 5) is 0. The molecule has 2 aliphatic rings. The lowest BCUT2D eigenvalue weighted by Gasteiger charge is -2.21. The van der Waals surface area contributed by atoms with Gasteiger partial charge in [-0.3, -0.25) is 0 Å². The van der Waals surface area contributed by atoms with Crippen LogP contribution >= 0.6 is 0 Å². The van der Waals surface area contributed by atoms with Gasteiger partial charge in [-0.2, -0.15) is 0 Å². The van der Waals surface area contributed by atoms with Crippen molar-refractivity contribution in [1.29, 1.82) is 0 Å². The van der Waals surface area contributed by atoms with E-state index in [1.165, 1.54) is 19.3 Å². The second kappa shape index (κ2) is 2.71. The van der Waals surface area contributed by atoms with Crippen molar-refractivity contribution in [2.24, 2.45) is 0 Å². The van der Waals surface area contributed by atoms with Crippen LogP contribution in [-0.4, -0.2) is 8.07 Å². The minimum absolute atomic E-state index is 0.890. The zero-order chi connectivity index (χ0) is 8.73. The van der Waals surface area contributed by atoms with Crippen molar-refractivity contribution in [3.05, 3.63) is 29.8 Å². The van der Waals surface area contributed by atoms with E-state index in [9.17, 15) is 0 Å². The fourth-order valence-electron chi connectivity index (χ4n) is 3.34. The van der Waals surface area contributed by atoms with Gasteiger partial charge in [0.05, 0.1) is 8.07 Å². The fraction of sp³-hybridized carbons (Fsp3) is 0.500. The third kappa shape index (κ3) is 1.03. The molecule has 0 saturated carbocycles. The van der Waals surface area contributed by atoms with Gasteiger partial charge in [0, 0.05) is 0 Å². The third-order valence-corrected chi connectivity index (χ3v) is 9.48. The van der Waals surface area contributed by atoms with Gasteiger partial charge >= 0.3 is 0 Å². The predicted molar refractivity (Wildman–Crippen MR) is 59.2 cm³/mol. The lowest BCUT2D eigenvalue weighted by atomic mass is 10.2. The van der Waals surface area contributed by atoms with Gasteiger partial charge in [0.2, 0.25) is 0 Å². The van der Waals surface area contributed by atoms with Gasteiger partial charge in [-0.1, -0.05) is 54.4 Å². The maximum atomic E-state index is 2.43. The van der Waals surface area contributed by atoms with Crippen LogP contribution in [0.3, 0.4) is 0 Å². The molecule has 2 aliphatic heterocycles. The monoisotopic (exact) mass is 188 g/mol. The van der Waals surface area contributed by atoms with Gasteiger partial charge in [-0.15, -0.1) is 0 Å². The number of aryl methyl sites for hydroxylation is 1. The van der Waals surface area contributed by atoms with Crippen molar-refractivity contribution in [2.45, 2.75) is 37.4 Å². The van der Waals surface area contributed by atoms with Crippen molar-refractivity contribution in [3.8, 4) is 0 Å².